The Labute approximate surface area is 84.3 Å². The molecule has 0 bridgehead atoms. The predicted molar refractivity (Wildman–Crippen MR) is 39.1 cm³/mol. The van der Waals surface area contributed by atoms with E-state index in [2.05, 4.69) is 12.0 Å². The van der Waals surface area contributed by atoms with Crippen LogP contribution in [0.2, 0.25) is 0 Å². The Hall–Kier alpha value is -0.340. The van der Waals surface area contributed by atoms with E-state index >= 15 is 0 Å². The van der Waals surface area contributed by atoms with Gasteiger partial charge in [0.15, 0.2) is 6.10 Å². The second kappa shape index (κ2) is 3.60. The van der Waals surface area contributed by atoms with Crippen LogP contribution < -0.4 is 0 Å². The van der Waals surface area contributed by atoms with Crippen LogP contribution in [0.4, 0.5) is 0 Å². The van der Waals surface area contributed by atoms with Gasteiger partial charge < -0.3 is 15.3 Å². The lowest BCUT2D eigenvalue weighted by molar-refractivity contribution is -0.330. The molecule has 12 heteroatoms. The molecule has 1 fully saturated rings. The summed E-state index contributed by atoms with van der Waals surface area (Å²) in [5.41, 5.74) is 0. The SMILES string of the molecule is O=S1(=O)OC(O)(C(O)CO)OS(=O)(=O)O1. The second-order valence-electron chi connectivity index (χ2n) is 2.38. The first-order valence-corrected chi connectivity index (χ1v) is 5.90. The molecule has 1 aliphatic heterocycles. The maximum absolute atomic E-state index is 10.6. The van der Waals surface area contributed by atoms with Crippen LogP contribution in [0.1, 0.15) is 0 Å². The lowest BCUT2D eigenvalue weighted by atomic mass is 10.3. The molecule has 1 heterocycles. The first-order chi connectivity index (χ1) is 6.60. The summed E-state index contributed by atoms with van der Waals surface area (Å²) in [5, 5.41) is 26.4. The molecule has 1 unspecified atom stereocenters. The molecule has 0 aliphatic carbocycles. The molecule has 1 rings (SSSR count). The highest BCUT2D eigenvalue weighted by Gasteiger charge is 2.53. The maximum Gasteiger partial charge on any atom is 0.421 e. The van der Waals surface area contributed by atoms with Crippen molar-refractivity contribution in [3.8, 4) is 0 Å². The molecule has 1 atom stereocenters. The van der Waals surface area contributed by atoms with Gasteiger partial charge >= 0.3 is 26.8 Å². The predicted octanol–water partition coefficient (Wildman–Crippen LogP) is -3.46. The van der Waals surface area contributed by atoms with Crippen LogP contribution in [0.5, 0.6) is 0 Å². The van der Waals surface area contributed by atoms with Gasteiger partial charge in [-0.25, -0.2) is 0 Å². The van der Waals surface area contributed by atoms with Gasteiger partial charge in [0, 0.05) is 0 Å². The molecule has 0 aromatic rings. The molecule has 90 valence electrons. The van der Waals surface area contributed by atoms with E-state index in [1.165, 1.54) is 0 Å². The zero-order chi connectivity index (χ0) is 11.9. The summed E-state index contributed by atoms with van der Waals surface area (Å²) in [6, 6.07) is 0. The third-order valence-corrected chi connectivity index (χ3v) is 3.42. The van der Waals surface area contributed by atoms with E-state index in [0.29, 0.717) is 0 Å². The Bertz CT molecular complexity index is 397. The van der Waals surface area contributed by atoms with E-state index < -0.39 is 39.5 Å². The third kappa shape index (κ3) is 2.82. The summed E-state index contributed by atoms with van der Waals surface area (Å²) < 4.78 is 53.2. The highest BCUT2D eigenvalue weighted by Crippen LogP contribution is 2.28. The number of hydrogen-bond donors (Lipinski definition) is 3. The van der Waals surface area contributed by atoms with Crippen molar-refractivity contribution in [2.24, 2.45) is 0 Å². The van der Waals surface area contributed by atoms with E-state index in [-0.39, 0.29) is 0 Å². The van der Waals surface area contributed by atoms with E-state index in [0.717, 1.165) is 0 Å². The Kier molecular flexibility index (Phi) is 3.05. The molecule has 3 N–H and O–H groups in total. The molecule has 15 heavy (non-hydrogen) atoms. The van der Waals surface area contributed by atoms with E-state index in [9.17, 15) is 16.8 Å². The van der Waals surface area contributed by atoms with Crippen molar-refractivity contribution in [2.45, 2.75) is 12.1 Å². The molecule has 0 spiro atoms. The van der Waals surface area contributed by atoms with E-state index in [1.807, 2.05) is 0 Å². The number of aliphatic hydroxyl groups excluding tert-OH is 2. The van der Waals surface area contributed by atoms with Crippen molar-refractivity contribution in [2.75, 3.05) is 6.61 Å². The summed E-state index contributed by atoms with van der Waals surface area (Å²) >= 11 is 0. The van der Waals surface area contributed by atoms with Crippen molar-refractivity contribution in [3.05, 3.63) is 0 Å². The monoisotopic (exact) mass is 266 g/mol. The molecule has 10 nitrogen and oxygen atoms in total. The van der Waals surface area contributed by atoms with Gasteiger partial charge in [-0.1, -0.05) is 0 Å². The van der Waals surface area contributed by atoms with Gasteiger partial charge in [0.1, 0.15) is 0 Å². The lowest BCUT2D eigenvalue weighted by Gasteiger charge is -2.31. The molecule has 0 aromatic heterocycles. The summed E-state index contributed by atoms with van der Waals surface area (Å²) in [4.78, 5) is 0. The number of aliphatic hydroxyl groups is 3. The quantitative estimate of drug-likeness (QED) is 0.458. The van der Waals surface area contributed by atoms with Gasteiger partial charge in [-0.05, 0) is 0 Å². The standard InChI is InChI=1S/C3H6O10S2/c4-1-2(5)3(6)11-14(7,8)13-15(9,10)12-3/h2,4-6H,1H2. The number of hydrogen-bond acceptors (Lipinski definition) is 10. The molecule has 0 radical (unpaired) electrons. The van der Waals surface area contributed by atoms with Gasteiger partial charge in [0.05, 0.1) is 6.61 Å². The molecular weight excluding hydrogens is 260 g/mol. The minimum Gasteiger partial charge on any atom is -0.393 e. The van der Waals surface area contributed by atoms with E-state index in [4.69, 9.17) is 15.3 Å². The number of rotatable bonds is 2. The van der Waals surface area contributed by atoms with Crippen LogP contribution in [-0.4, -0.2) is 50.8 Å². The Morgan fingerprint density at radius 3 is 1.87 bits per heavy atom. The Balaban J connectivity index is 3.14. The van der Waals surface area contributed by atoms with Gasteiger partial charge in [0.2, 0.25) is 0 Å². The van der Waals surface area contributed by atoms with Crippen LogP contribution in [0.3, 0.4) is 0 Å². The zero-order valence-electron chi connectivity index (χ0n) is 6.80. The largest absolute Gasteiger partial charge is 0.421 e. The fraction of sp³-hybridized carbons (Fsp3) is 1.00. The third-order valence-electron chi connectivity index (χ3n) is 1.20. The van der Waals surface area contributed by atoms with Crippen molar-refractivity contribution in [3.63, 3.8) is 0 Å². The lowest BCUT2D eigenvalue weighted by Crippen LogP contribution is -2.55. The average Bonchev–Trinajstić information content (AvgIpc) is 1.95. The van der Waals surface area contributed by atoms with Crippen LogP contribution >= 0.6 is 0 Å². The molecule has 1 saturated heterocycles. The van der Waals surface area contributed by atoms with Crippen LogP contribution in [-0.2, 0) is 32.8 Å². The fourth-order valence-corrected chi connectivity index (χ4v) is 2.62. The first-order valence-electron chi connectivity index (χ1n) is 3.24. The summed E-state index contributed by atoms with van der Waals surface area (Å²) in [6.07, 6.45) is -2.31. The average molecular weight is 266 g/mol. The topological polar surface area (TPSA) is 157 Å². The summed E-state index contributed by atoms with van der Waals surface area (Å²) in [6.45, 7) is -1.21. The normalized spacial score (nSPS) is 29.5. The highest BCUT2D eigenvalue weighted by molar-refractivity contribution is 7.95. The molecular formula is C3H6O10S2. The van der Waals surface area contributed by atoms with Crippen LogP contribution in [0.15, 0.2) is 0 Å². The molecule has 1 aliphatic rings. The first kappa shape index (κ1) is 12.7. The van der Waals surface area contributed by atoms with Crippen molar-refractivity contribution < 1.29 is 44.2 Å². The summed E-state index contributed by atoms with van der Waals surface area (Å²) in [7, 11) is -10.2. The van der Waals surface area contributed by atoms with Crippen molar-refractivity contribution in [1.29, 1.82) is 0 Å². The fourth-order valence-electron chi connectivity index (χ4n) is 0.663. The van der Waals surface area contributed by atoms with Gasteiger partial charge in [0.25, 0.3) is 0 Å². The molecule has 0 saturated carbocycles. The second-order valence-corrected chi connectivity index (χ2v) is 4.89. The highest BCUT2D eigenvalue weighted by atomic mass is 32.3. The van der Waals surface area contributed by atoms with Gasteiger partial charge in [-0.15, -0.1) is 3.63 Å². The summed E-state index contributed by atoms with van der Waals surface area (Å²) in [5.74, 6) is -3.44. The van der Waals surface area contributed by atoms with Gasteiger partial charge in [-0.3, -0.25) is 0 Å². The van der Waals surface area contributed by atoms with Crippen molar-refractivity contribution >= 4 is 20.8 Å². The molecule has 0 aromatic carbocycles. The van der Waals surface area contributed by atoms with E-state index in [1.54, 1.807) is 0 Å². The maximum atomic E-state index is 10.6. The minimum atomic E-state index is -5.09. The Morgan fingerprint density at radius 2 is 1.53 bits per heavy atom. The molecule has 0 amide bonds. The Morgan fingerprint density at radius 1 is 1.13 bits per heavy atom. The van der Waals surface area contributed by atoms with Gasteiger partial charge in [-0.2, -0.15) is 25.2 Å². The minimum absolute atomic E-state index is 1.21. The smallest absolute Gasteiger partial charge is 0.393 e. The van der Waals surface area contributed by atoms with Crippen molar-refractivity contribution in [1.82, 2.24) is 0 Å². The zero-order valence-corrected chi connectivity index (χ0v) is 8.43. The van der Waals surface area contributed by atoms with Crippen LogP contribution in [0, 0.1) is 0 Å². The van der Waals surface area contributed by atoms with Crippen LogP contribution in [0.25, 0.3) is 0 Å².